The lowest BCUT2D eigenvalue weighted by Gasteiger charge is -2.66. The molecule has 11 atom stereocenters. The summed E-state index contributed by atoms with van der Waals surface area (Å²) in [6.07, 6.45) is 5.84. The zero-order valence-corrected chi connectivity index (χ0v) is 20.1. The van der Waals surface area contributed by atoms with Crippen LogP contribution in [0.2, 0.25) is 0 Å². The second-order valence-corrected chi connectivity index (χ2v) is 12.1. The van der Waals surface area contributed by atoms with Crippen molar-refractivity contribution in [1.29, 1.82) is 0 Å². The van der Waals surface area contributed by atoms with Gasteiger partial charge in [0.15, 0.2) is 5.78 Å². The highest BCUT2D eigenvalue weighted by Gasteiger charge is 2.85. The van der Waals surface area contributed by atoms with Crippen molar-refractivity contribution in [3.63, 3.8) is 0 Å². The van der Waals surface area contributed by atoms with Gasteiger partial charge in [0, 0.05) is 23.7 Å². The van der Waals surface area contributed by atoms with Crippen LogP contribution < -0.4 is 0 Å². The lowest BCUT2D eigenvalue weighted by Crippen LogP contribution is -2.73. The first-order chi connectivity index (χ1) is 16.1. The highest BCUT2D eigenvalue weighted by Crippen LogP contribution is 2.75. The van der Waals surface area contributed by atoms with E-state index in [1.165, 1.54) is 12.5 Å². The summed E-state index contributed by atoms with van der Waals surface area (Å²) in [5.41, 5.74) is -0.0220. The molecule has 182 valence electrons. The number of aliphatic hydroxyl groups is 1. The Morgan fingerprint density at radius 1 is 1.24 bits per heavy atom. The number of epoxide rings is 2. The number of esters is 1. The maximum absolute atomic E-state index is 14.0. The molecular weight excluding hydrogens is 436 g/mol. The van der Waals surface area contributed by atoms with Gasteiger partial charge in [-0.25, -0.2) is 0 Å². The van der Waals surface area contributed by atoms with Crippen molar-refractivity contribution < 1.29 is 33.3 Å². The molecule has 34 heavy (non-hydrogen) atoms. The molecule has 1 N–H and O–H groups in total. The van der Waals surface area contributed by atoms with E-state index in [2.05, 4.69) is 19.9 Å². The smallest absolute Gasteiger partial charge is 0.303 e. The number of hydrogen-bond acceptors (Lipinski definition) is 7. The van der Waals surface area contributed by atoms with Crippen LogP contribution in [0, 0.1) is 28.1 Å². The van der Waals surface area contributed by atoms with Crippen molar-refractivity contribution in [2.75, 3.05) is 6.61 Å². The predicted molar refractivity (Wildman–Crippen MR) is 119 cm³/mol. The molecule has 0 radical (unpaired) electrons. The van der Waals surface area contributed by atoms with Gasteiger partial charge in [-0.2, -0.15) is 0 Å². The molecule has 7 heteroatoms. The number of ketones is 1. The van der Waals surface area contributed by atoms with Crippen molar-refractivity contribution in [2.24, 2.45) is 28.1 Å². The van der Waals surface area contributed by atoms with Crippen LogP contribution in [-0.4, -0.2) is 53.5 Å². The second-order valence-electron chi connectivity index (χ2n) is 12.1. The van der Waals surface area contributed by atoms with E-state index in [4.69, 9.17) is 18.6 Å². The van der Waals surface area contributed by atoms with Gasteiger partial charge in [0.1, 0.15) is 30.0 Å². The van der Waals surface area contributed by atoms with Gasteiger partial charge < -0.3 is 23.7 Å². The molecule has 2 aliphatic heterocycles. The number of rotatable bonds is 2. The van der Waals surface area contributed by atoms with Gasteiger partial charge >= 0.3 is 5.97 Å². The average Bonchev–Trinajstić information content (AvgIpc) is 3.65. The molecular formula is C27H32O7. The molecule has 6 aliphatic rings. The normalized spacial score (nSPS) is 54.4. The molecule has 1 aromatic heterocycles. The van der Waals surface area contributed by atoms with E-state index in [0.29, 0.717) is 6.61 Å². The van der Waals surface area contributed by atoms with Crippen LogP contribution >= 0.6 is 0 Å². The Morgan fingerprint density at radius 2 is 2.00 bits per heavy atom. The minimum Gasteiger partial charge on any atom is -0.472 e. The average molecular weight is 469 g/mol. The van der Waals surface area contributed by atoms with Crippen LogP contribution in [0.3, 0.4) is 0 Å². The molecule has 0 amide bonds. The van der Waals surface area contributed by atoms with Crippen molar-refractivity contribution in [2.45, 2.75) is 82.9 Å². The zero-order chi connectivity index (χ0) is 23.8. The highest BCUT2D eigenvalue weighted by atomic mass is 16.7. The maximum Gasteiger partial charge on any atom is 0.303 e. The van der Waals surface area contributed by atoms with Gasteiger partial charge in [-0.1, -0.05) is 32.4 Å². The minimum absolute atomic E-state index is 0.0810. The number of aliphatic hydroxyl groups excluding tert-OH is 1. The molecule has 7 nitrogen and oxygen atoms in total. The SMILES string of the molecule is CC(=O)O[C@H]1[C@@H](O)[C@@]2(C)C3=CC[C@@H](c4ccoc4)[C@@]3(C)CC[C@@H]2[C@@]2(C)C(=O)[C@H]3O[C@H]3[C@@]3(CO3)[C@H]12. The third-order valence-electron chi connectivity index (χ3n) is 10.8. The Morgan fingerprint density at radius 3 is 2.65 bits per heavy atom. The first-order valence-corrected chi connectivity index (χ1v) is 12.5. The van der Waals surface area contributed by atoms with E-state index < -0.39 is 46.6 Å². The maximum atomic E-state index is 14.0. The first kappa shape index (κ1) is 21.3. The molecule has 0 unspecified atom stereocenters. The van der Waals surface area contributed by atoms with Gasteiger partial charge in [0.05, 0.1) is 19.1 Å². The molecule has 2 saturated heterocycles. The Labute approximate surface area is 198 Å². The number of carbonyl (C=O) groups is 2. The summed E-state index contributed by atoms with van der Waals surface area (Å²) in [6, 6.07) is 2.03. The van der Waals surface area contributed by atoms with Crippen LogP contribution in [0.1, 0.15) is 58.4 Å². The van der Waals surface area contributed by atoms with Gasteiger partial charge in [0.25, 0.3) is 0 Å². The summed E-state index contributed by atoms with van der Waals surface area (Å²) in [5, 5.41) is 12.1. The van der Waals surface area contributed by atoms with E-state index in [-0.39, 0.29) is 29.1 Å². The Bertz CT molecular complexity index is 1120. The number of fused-ring (bicyclic) bond motifs is 8. The quantitative estimate of drug-likeness (QED) is 0.404. The number of furan rings is 1. The number of allylic oxidation sites excluding steroid dienone is 1. The molecule has 5 fully saturated rings. The number of Topliss-reactive ketones (excluding diaryl/α,β-unsaturated/α-hetero) is 1. The lowest BCUT2D eigenvalue weighted by molar-refractivity contribution is -0.232. The molecule has 1 spiro atoms. The van der Waals surface area contributed by atoms with Crippen LogP contribution in [0.15, 0.2) is 34.7 Å². The van der Waals surface area contributed by atoms with Crippen LogP contribution in [0.4, 0.5) is 0 Å². The molecule has 1 aromatic rings. The van der Waals surface area contributed by atoms with E-state index in [1.807, 2.05) is 19.3 Å². The Balaban J connectivity index is 1.39. The fourth-order valence-electron chi connectivity index (χ4n) is 9.37. The van der Waals surface area contributed by atoms with Gasteiger partial charge in [-0.15, -0.1) is 0 Å². The van der Waals surface area contributed by atoms with E-state index in [9.17, 15) is 14.7 Å². The summed E-state index contributed by atoms with van der Waals surface area (Å²) in [4.78, 5) is 26.3. The number of hydrogen-bond donors (Lipinski definition) is 1. The highest BCUT2D eigenvalue weighted by molar-refractivity contribution is 5.94. The molecule has 3 saturated carbocycles. The first-order valence-electron chi connectivity index (χ1n) is 12.5. The van der Waals surface area contributed by atoms with Gasteiger partial charge in [-0.3, -0.25) is 9.59 Å². The summed E-state index contributed by atoms with van der Waals surface area (Å²) < 4.78 is 23.2. The van der Waals surface area contributed by atoms with Crippen LogP contribution in [0.5, 0.6) is 0 Å². The zero-order valence-electron chi connectivity index (χ0n) is 20.1. The lowest BCUT2D eigenvalue weighted by atomic mass is 9.38. The standard InChI is InChI=1S/C27H32O7/c1-13(28)33-18-20-26(4,22(30)19-23(34-19)27(20)12-32-27)17-7-9-24(2)15(14-8-10-31-11-14)5-6-16(24)25(17,3)21(18)29/h6,8,10-11,15,17-21,23,29H,5,7,9,12H2,1-4H3/t15-,17-,18+,19+,20+,21+,23+,24+,25-,26+,27+/m0/s1. The number of carbonyl (C=O) groups excluding carboxylic acids is 2. The van der Waals surface area contributed by atoms with E-state index in [0.717, 1.165) is 24.8 Å². The van der Waals surface area contributed by atoms with Crippen molar-refractivity contribution in [3.05, 3.63) is 35.8 Å². The summed E-state index contributed by atoms with van der Waals surface area (Å²) in [6.45, 7) is 8.24. The topological polar surface area (TPSA) is 102 Å². The Hall–Kier alpha value is -1.96. The minimum atomic E-state index is -0.947. The molecule has 3 heterocycles. The summed E-state index contributed by atoms with van der Waals surface area (Å²) in [5.74, 6) is -0.652. The summed E-state index contributed by atoms with van der Waals surface area (Å²) in [7, 11) is 0. The van der Waals surface area contributed by atoms with Gasteiger partial charge in [-0.05, 0) is 48.1 Å². The predicted octanol–water partition coefficient (Wildman–Crippen LogP) is 3.16. The van der Waals surface area contributed by atoms with Crippen molar-refractivity contribution in [3.8, 4) is 0 Å². The van der Waals surface area contributed by atoms with Crippen molar-refractivity contribution in [1.82, 2.24) is 0 Å². The second kappa shape index (κ2) is 6.23. The summed E-state index contributed by atoms with van der Waals surface area (Å²) >= 11 is 0. The largest absolute Gasteiger partial charge is 0.472 e. The molecule has 0 bridgehead atoms. The fraction of sp³-hybridized carbons (Fsp3) is 0.704. The molecule has 7 rings (SSSR count). The fourth-order valence-corrected chi connectivity index (χ4v) is 9.37. The molecule has 0 aromatic carbocycles. The van der Waals surface area contributed by atoms with Gasteiger partial charge in [0.2, 0.25) is 0 Å². The van der Waals surface area contributed by atoms with Crippen LogP contribution in [-0.2, 0) is 23.8 Å². The van der Waals surface area contributed by atoms with E-state index in [1.54, 1.807) is 6.26 Å². The third-order valence-corrected chi connectivity index (χ3v) is 10.8. The van der Waals surface area contributed by atoms with Crippen molar-refractivity contribution >= 4 is 11.8 Å². The van der Waals surface area contributed by atoms with Crippen LogP contribution in [0.25, 0.3) is 0 Å². The third kappa shape index (κ3) is 2.21. The number of ether oxygens (including phenoxy) is 3. The molecule has 4 aliphatic carbocycles. The van der Waals surface area contributed by atoms with E-state index >= 15 is 0 Å². The monoisotopic (exact) mass is 468 g/mol. The Kier molecular flexibility index (Phi) is 3.91.